The Kier molecular flexibility index (Phi) is 9.80. The topological polar surface area (TPSA) is 35.6 Å². The highest BCUT2D eigenvalue weighted by molar-refractivity contribution is 5.85. The quantitative estimate of drug-likeness (QED) is 0.842. The van der Waals surface area contributed by atoms with Crippen molar-refractivity contribution in [1.29, 1.82) is 0 Å². The number of piperidine rings is 1. The zero-order valence-electron chi connectivity index (χ0n) is 15.0. The predicted octanol–water partition coefficient (Wildman–Crippen LogP) is 3.10. The van der Waals surface area contributed by atoms with Crippen molar-refractivity contribution in [2.45, 2.75) is 50.7 Å². The van der Waals surface area contributed by atoms with Crippen molar-refractivity contribution < 1.29 is 4.79 Å². The second-order valence-electron chi connectivity index (χ2n) is 7.02. The Bertz CT molecular complexity index is 509. The van der Waals surface area contributed by atoms with Gasteiger partial charge in [0.05, 0.1) is 0 Å². The van der Waals surface area contributed by atoms with E-state index in [1.54, 1.807) is 0 Å². The number of likely N-dealkylation sites (N-methyl/N-ethyl adjacent to an activating group) is 1. The van der Waals surface area contributed by atoms with Gasteiger partial charge in [-0.25, -0.2) is 0 Å². The van der Waals surface area contributed by atoms with Gasteiger partial charge in [0.1, 0.15) is 0 Å². The van der Waals surface area contributed by atoms with Crippen LogP contribution in [0.25, 0.3) is 0 Å². The third-order valence-corrected chi connectivity index (χ3v) is 5.25. The van der Waals surface area contributed by atoms with E-state index in [9.17, 15) is 4.79 Å². The van der Waals surface area contributed by atoms with Crippen molar-refractivity contribution in [3.8, 4) is 0 Å². The zero-order valence-corrected chi connectivity index (χ0v) is 16.7. The number of halogens is 2. The molecule has 0 aromatic heterocycles. The van der Waals surface area contributed by atoms with Crippen LogP contribution in [0.4, 0.5) is 0 Å². The SMILES string of the molecule is CN(C(=O)CC1CCCN1)C1CCCN(Cc2ccccc2)C1.Cl.Cl. The largest absolute Gasteiger partial charge is 0.341 e. The summed E-state index contributed by atoms with van der Waals surface area (Å²) in [6, 6.07) is 11.4. The molecule has 0 bridgehead atoms. The van der Waals surface area contributed by atoms with E-state index in [-0.39, 0.29) is 24.8 Å². The number of nitrogens with zero attached hydrogens (tertiary/aromatic N) is 2. The number of likely N-dealkylation sites (tertiary alicyclic amines) is 1. The maximum atomic E-state index is 12.5. The summed E-state index contributed by atoms with van der Waals surface area (Å²) in [7, 11) is 1.99. The first-order chi connectivity index (χ1) is 11.2. The highest BCUT2D eigenvalue weighted by Gasteiger charge is 2.28. The fourth-order valence-corrected chi connectivity index (χ4v) is 3.82. The van der Waals surface area contributed by atoms with E-state index in [0.717, 1.165) is 39.0 Å². The molecule has 2 saturated heterocycles. The van der Waals surface area contributed by atoms with Gasteiger partial charge in [0.15, 0.2) is 0 Å². The normalized spacial score (nSPS) is 23.4. The minimum Gasteiger partial charge on any atom is -0.341 e. The molecule has 2 fully saturated rings. The molecule has 2 heterocycles. The summed E-state index contributed by atoms with van der Waals surface area (Å²) in [6.07, 6.45) is 5.31. The molecule has 0 saturated carbocycles. The van der Waals surface area contributed by atoms with Gasteiger partial charge in [-0.3, -0.25) is 9.69 Å². The second-order valence-corrected chi connectivity index (χ2v) is 7.02. The summed E-state index contributed by atoms with van der Waals surface area (Å²) in [5, 5.41) is 3.43. The number of benzene rings is 1. The van der Waals surface area contributed by atoms with Crippen LogP contribution in [0.15, 0.2) is 30.3 Å². The number of carbonyl (C=O) groups excluding carboxylic acids is 1. The first-order valence-corrected chi connectivity index (χ1v) is 8.97. The van der Waals surface area contributed by atoms with Crippen LogP contribution in [0, 0.1) is 0 Å². The maximum Gasteiger partial charge on any atom is 0.224 e. The summed E-state index contributed by atoms with van der Waals surface area (Å²) in [4.78, 5) is 17.0. The molecule has 2 aliphatic rings. The second kappa shape index (κ2) is 11.0. The van der Waals surface area contributed by atoms with E-state index >= 15 is 0 Å². The van der Waals surface area contributed by atoms with Crippen LogP contribution >= 0.6 is 24.8 Å². The summed E-state index contributed by atoms with van der Waals surface area (Å²) in [5.74, 6) is 0.302. The molecule has 2 aliphatic heterocycles. The molecule has 6 heteroatoms. The van der Waals surface area contributed by atoms with Gasteiger partial charge in [0.2, 0.25) is 5.91 Å². The number of amides is 1. The summed E-state index contributed by atoms with van der Waals surface area (Å²) in [5.41, 5.74) is 1.36. The van der Waals surface area contributed by atoms with Crippen molar-refractivity contribution >= 4 is 30.7 Å². The van der Waals surface area contributed by atoms with E-state index in [0.29, 0.717) is 24.4 Å². The third kappa shape index (κ3) is 6.45. The maximum absolute atomic E-state index is 12.5. The van der Waals surface area contributed by atoms with Gasteiger partial charge in [-0.1, -0.05) is 30.3 Å². The van der Waals surface area contributed by atoms with Crippen LogP contribution in [-0.2, 0) is 11.3 Å². The lowest BCUT2D eigenvalue weighted by Gasteiger charge is -2.38. The Morgan fingerprint density at radius 1 is 1.20 bits per heavy atom. The van der Waals surface area contributed by atoms with Gasteiger partial charge in [-0.15, -0.1) is 24.8 Å². The Hall–Kier alpha value is -0.810. The van der Waals surface area contributed by atoms with Crippen LogP contribution in [0.3, 0.4) is 0 Å². The van der Waals surface area contributed by atoms with Crippen molar-refractivity contribution in [3.05, 3.63) is 35.9 Å². The average molecular weight is 388 g/mol. The van der Waals surface area contributed by atoms with Gasteiger partial charge in [0.25, 0.3) is 0 Å². The van der Waals surface area contributed by atoms with E-state index in [4.69, 9.17) is 0 Å². The lowest BCUT2D eigenvalue weighted by molar-refractivity contribution is -0.133. The lowest BCUT2D eigenvalue weighted by Crippen LogP contribution is -2.49. The molecule has 2 atom stereocenters. The molecule has 3 rings (SSSR count). The monoisotopic (exact) mass is 387 g/mol. The fourth-order valence-electron chi connectivity index (χ4n) is 3.82. The van der Waals surface area contributed by atoms with Crippen LogP contribution in [0.5, 0.6) is 0 Å². The molecule has 0 radical (unpaired) electrons. The average Bonchev–Trinajstić information content (AvgIpc) is 3.08. The smallest absolute Gasteiger partial charge is 0.224 e. The molecule has 1 aromatic carbocycles. The van der Waals surface area contributed by atoms with Crippen LogP contribution in [0.2, 0.25) is 0 Å². The van der Waals surface area contributed by atoms with E-state index < -0.39 is 0 Å². The lowest BCUT2D eigenvalue weighted by atomic mass is 10.0. The summed E-state index contributed by atoms with van der Waals surface area (Å²) >= 11 is 0. The van der Waals surface area contributed by atoms with E-state index in [1.165, 1.54) is 18.4 Å². The van der Waals surface area contributed by atoms with Gasteiger partial charge >= 0.3 is 0 Å². The van der Waals surface area contributed by atoms with Crippen molar-refractivity contribution in [1.82, 2.24) is 15.1 Å². The molecule has 0 spiro atoms. The Labute approximate surface area is 164 Å². The minimum atomic E-state index is 0. The number of hydrogen-bond acceptors (Lipinski definition) is 3. The highest BCUT2D eigenvalue weighted by atomic mass is 35.5. The zero-order chi connectivity index (χ0) is 16.1. The van der Waals surface area contributed by atoms with Gasteiger partial charge < -0.3 is 10.2 Å². The van der Waals surface area contributed by atoms with Gasteiger partial charge in [-0.05, 0) is 44.3 Å². The van der Waals surface area contributed by atoms with Crippen LogP contribution in [-0.4, -0.2) is 54.5 Å². The van der Waals surface area contributed by atoms with E-state index in [1.807, 2.05) is 11.9 Å². The number of rotatable bonds is 5. The van der Waals surface area contributed by atoms with Crippen molar-refractivity contribution in [2.75, 3.05) is 26.7 Å². The molecule has 1 aromatic rings. The molecular formula is C19H31Cl2N3O. The summed E-state index contributed by atoms with van der Waals surface area (Å²) in [6.45, 7) is 4.19. The number of nitrogens with one attached hydrogen (secondary N) is 1. The molecule has 25 heavy (non-hydrogen) atoms. The molecule has 1 N–H and O–H groups in total. The Morgan fingerprint density at radius 2 is 1.96 bits per heavy atom. The standard InChI is InChI=1S/C19H29N3O.2ClH/c1-21(19(23)13-17-9-5-11-20-17)18-10-6-12-22(15-18)14-16-7-3-2-4-8-16;;/h2-4,7-8,17-18,20H,5-6,9-15H2,1H3;2*1H. The molecule has 142 valence electrons. The highest BCUT2D eigenvalue weighted by Crippen LogP contribution is 2.19. The molecule has 0 aliphatic carbocycles. The minimum absolute atomic E-state index is 0. The molecule has 4 nitrogen and oxygen atoms in total. The van der Waals surface area contributed by atoms with Crippen molar-refractivity contribution in [3.63, 3.8) is 0 Å². The van der Waals surface area contributed by atoms with Gasteiger partial charge in [-0.2, -0.15) is 0 Å². The van der Waals surface area contributed by atoms with Gasteiger partial charge in [0, 0.05) is 38.6 Å². The van der Waals surface area contributed by atoms with Crippen LogP contribution in [0.1, 0.15) is 37.7 Å². The third-order valence-electron chi connectivity index (χ3n) is 5.25. The first kappa shape index (κ1) is 22.2. The number of carbonyl (C=O) groups is 1. The fraction of sp³-hybridized carbons (Fsp3) is 0.632. The van der Waals surface area contributed by atoms with Crippen molar-refractivity contribution in [2.24, 2.45) is 0 Å². The van der Waals surface area contributed by atoms with E-state index in [2.05, 4.69) is 40.5 Å². The Morgan fingerprint density at radius 3 is 2.64 bits per heavy atom. The first-order valence-electron chi connectivity index (χ1n) is 8.97. The molecule has 2 unspecified atom stereocenters. The Balaban J connectivity index is 0.00000156. The number of hydrogen-bond donors (Lipinski definition) is 1. The molecular weight excluding hydrogens is 357 g/mol. The molecule has 1 amide bonds. The summed E-state index contributed by atoms with van der Waals surface area (Å²) < 4.78 is 0. The predicted molar refractivity (Wildman–Crippen MR) is 108 cm³/mol. The van der Waals surface area contributed by atoms with Crippen LogP contribution < -0.4 is 5.32 Å².